The number of ether oxygens (including phenoxy) is 1. The number of rotatable bonds is 7. The molecule has 0 atom stereocenters. The van der Waals surface area contributed by atoms with Crippen LogP contribution in [-0.4, -0.2) is 36.0 Å². The van der Waals surface area contributed by atoms with Crippen LogP contribution in [0.5, 0.6) is 0 Å². The largest absolute Gasteiger partial charge is 0.465 e. The number of amides is 1. The maximum absolute atomic E-state index is 12.3. The minimum Gasteiger partial charge on any atom is -0.465 e. The topological polar surface area (TPSA) is 46.6 Å². The van der Waals surface area contributed by atoms with E-state index in [0.29, 0.717) is 19.4 Å². The number of hydrogen-bond acceptors (Lipinski definition) is 3. The van der Waals surface area contributed by atoms with E-state index in [4.69, 9.17) is 4.74 Å². The Morgan fingerprint density at radius 3 is 2.71 bits per heavy atom. The van der Waals surface area contributed by atoms with Crippen LogP contribution in [0.3, 0.4) is 0 Å². The number of benzene rings is 1. The second-order valence-electron chi connectivity index (χ2n) is 5.55. The molecule has 1 amide bonds. The van der Waals surface area contributed by atoms with Gasteiger partial charge in [-0.1, -0.05) is 29.8 Å². The molecule has 1 aromatic carbocycles. The smallest absolute Gasteiger partial charge is 0.325 e. The molecule has 0 aromatic heterocycles. The molecule has 114 valence electrons. The molecule has 1 aliphatic carbocycles. The van der Waals surface area contributed by atoms with Crippen molar-refractivity contribution in [3.8, 4) is 0 Å². The normalized spacial score (nSPS) is 13.8. The maximum Gasteiger partial charge on any atom is 0.325 e. The third-order valence-electron chi connectivity index (χ3n) is 3.62. The number of carbonyl (C=O) groups is 2. The van der Waals surface area contributed by atoms with Crippen LogP contribution in [0.15, 0.2) is 24.3 Å². The second kappa shape index (κ2) is 7.25. The summed E-state index contributed by atoms with van der Waals surface area (Å²) in [5.74, 6) is -0.264. The van der Waals surface area contributed by atoms with Gasteiger partial charge in [0.05, 0.1) is 6.61 Å². The van der Waals surface area contributed by atoms with Crippen LogP contribution in [0.1, 0.15) is 37.3 Å². The first-order valence-electron chi connectivity index (χ1n) is 7.60. The summed E-state index contributed by atoms with van der Waals surface area (Å²) in [6.07, 6.45) is 3.15. The molecule has 0 radical (unpaired) electrons. The van der Waals surface area contributed by atoms with E-state index in [9.17, 15) is 9.59 Å². The quantitative estimate of drug-likeness (QED) is 0.724. The van der Waals surface area contributed by atoms with Gasteiger partial charge < -0.3 is 9.64 Å². The second-order valence-corrected chi connectivity index (χ2v) is 5.55. The summed E-state index contributed by atoms with van der Waals surface area (Å²) in [5.41, 5.74) is 2.36. The fraction of sp³-hybridized carbons (Fsp3) is 0.529. The van der Waals surface area contributed by atoms with Gasteiger partial charge in [-0.15, -0.1) is 0 Å². The number of carbonyl (C=O) groups excluding carboxylic acids is 2. The fourth-order valence-corrected chi connectivity index (χ4v) is 2.42. The number of esters is 1. The summed E-state index contributed by atoms with van der Waals surface area (Å²) < 4.78 is 4.95. The van der Waals surface area contributed by atoms with Crippen LogP contribution >= 0.6 is 0 Å². The Bertz CT molecular complexity index is 509. The lowest BCUT2D eigenvalue weighted by Gasteiger charge is -2.21. The van der Waals surface area contributed by atoms with Gasteiger partial charge in [0, 0.05) is 12.5 Å². The van der Waals surface area contributed by atoms with Crippen LogP contribution in [0, 0.1) is 6.92 Å². The van der Waals surface area contributed by atoms with Crippen molar-refractivity contribution >= 4 is 11.9 Å². The van der Waals surface area contributed by atoms with Crippen LogP contribution in [0.4, 0.5) is 0 Å². The Hall–Kier alpha value is -1.84. The third kappa shape index (κ3) is 4.88. The summed E-state index contributed by atoms with van der Waals surface area (Å²) in [5, 5.41) is 0. The highest BCUT2D eigenvalue weighted by Crippen LogP contribution is 2.27. The highest BCUT2D eigenvalue weighted by Gasteiger charge is 2.33. The Labute approximate surface area is 126 Å². The molecule has 0 heterocycles. The fourth-order valence-electron chi connectivity index (χ4n) is 2.42. The van der Waals surface area contributed by atoms with Gasteiger partial charge >= 0.3 is 5.97 Å². The first kappa shape index (κ1) is 15.5. The van der Waals surface area contributed by atoms with Crippen molar-refractivity contribution in [1.82, 2.24) is 4.90 Å². The van der Waals surface area contributed by atoms with Crippen molar-refractivity contribution in [3.05, 3.63) is 35.4 Å². The minimum atomic E-state index is -0.312. The van der Waals surface area contributed by atoms with E-state index < -0.39 is 0 Å². The molecule has 1 saturated carbocycles. The first-order valence-corrected chi connectivity index (χ1v) is 7.60. The summed E-state index contributed by atoms with van der Waals surface area (Å²) in [7, 11) is 0. The lowest BCUT2D eigenvalue weighted by atomic mass is 10.1. The number of nitrogens with zero attached hydrogens (tertiary/aromatic N) is 1. The molecule has 1 fully saturated rings. The molecule has 0 aliphatic heterocycles. The molecule has 4 nitrogen and oxygen atoms in total. The molecule has 0 N–H and O–H groups in total. The summed E-state index contributed by atoms with van der Waals surface area (Å²) in [4.78, 5) is 25.6. The molecular weight excluding hydrogens is 266 g/mol. The Morgan fingerprint density at radius 2 is 2.10 bits per heavy atom. The van der Waals surface area contributed by atoms with Gasteiger partial charge in [0.15, 0.2) is 0 Å². The predicted octanol–water partition coefficient (Wildman–Crippen LogP) is 2.48. The van der Waals surface area contributed by atoms with E-state index in [-0.39, 0.29) is 24.5 Å². The maximum atomic E-state index is 12.3. The van der Waals surface area contributed by atoms with Gasteiger partial charge in [-0.05, 0) is 38.7 Å². The first-order chi connectivity index (χ1) is 10.1. The number of aryl methyl sites for hydroxylation is 2. The van der Waals surface area contributed by atoms with E-state index in [2.05, 4.69) is 6.07 Å². The highest BCUT2D eigenvalue weighted by molar-refractivity contribution is 5.82. The molecule has 1 aromatic rings. The lowest BCUT2D eigenvalue weighted by molar-refractivity contribution is -0.149. The van der Waals surface area contributed by atoms with Gasteiger partial charge in [-0.2, -0.15) is 0 Å². The highest BCUT2D eigenvalue weighted by atomic mass is 16.5. The summed E-state index contributed by atoms with van der Waals surface area (Å²) in [6, 6.07) is 8.42. The standard InChI is InChI=1S/C17H23NO3/c1-3-21-17(20)12-18(15-8-9-15)16(19)10-7-14-6-4-5-13(2)11-14/h4-6,11,15H,3,7-10,12H2,1-2H3. The van der Waals surface area contributed by atoms with E-state index >= 15 is 0 Å². The van der Waals surface area contributed by atoms with Crippen molar-refractivity contribution in [2.24, 2.45) is 0 Å². The average molecular weight is 289 g/mol. The minimum absolute atomic E-state index is 0.0482. The molecule has 0 bridgehead atoms. The Morgan fingerprint density at radius 1 is 1.33 bits per heavy atom. The van der Waals surface area contributed by atoms with Crippen molar-refractivity contribution < 1.29 is 14.3 Å². The van der Waals surface area contributed by atoms with Gasteiger partial charge in [0.1, 0.15) is 6.54 Å². The Balaban J connectivity index is 1.88. The van der Waals surface area contributed by atoms with Crippen LogP contribution < -0.4 is 0 Å². The van der Waals surface area contributed by atoms with Crippen molar-refractivity contribution in [3.63, 3.8) is 0 Å². The monoisotopic (exact) mass is 289 g/mol. The van der Waals surface area contributed by atoms with E-state index in [1.54, 1.807) is 11.8 Å². The van der Waals surface area contributed by atoms with Gasteiger partial charge in [-0.25, -0.2) is 0 Å². The SMILES string of the molecule is CCOC(=O)CN(C(=O)CCc1cccc(C)c1)C1CC1. The van der Waals surface area contributed by atoms with E-state index in [1.807, 2.05) is 25.1 Å². The van der Waals surface area contributed by atoms with E-state index in [0.717, 1.165) is 18.4 Å². The van der Waals surface area contributed by atoms with Crippen LogP contribution in [-0.2, 0) is 20.7 Å². The van der Waals surface area contributed by atoms with Gasteiger partial charge in [0.25, 0.3) is 0 Å². The predicted molar refractivity (Wildman–Crippen MR) is 80.9 cm³/mol. The Kier molecular flexibility index (Phi) is 5.37. The van der Waals surface area contributed by atoms with Gasteiger partial charge in [0.2, 0.25) is 5.91 Å². The zero-order valence-electron chi connectivity index (χ0n) is 12.8. The molecule has 1 aliphatic rings. The zero-order valence-corrected chi connectivity index (χ0v) is 12.8. The number of hydrogen-bond donors (Lipinski definition) is 0. The molecule has 4 heteroatoms. The van der Waals surface area contributed by atoms with Crippen LogP contribution in [0.2, 0.25) is 0 Å². The molecule has 0 saturated heterocycles. The summed E-state index contributed by atoms with van der Waals surface area (Å²) >= 11 is 0. The van der Waals surface area contributed by atoms with Crippen molar-refractivity contribution in [1.29, 1.82) is 0 Å². The van der Waals surface area contributed by atoms with Crippen molar-refractivity contribution in [2.75, 3.05) is 13.2 Å². The molecule has 21 heavy (non-hydrogen) atoms. The summed E-state index contributed by atoms with van der Waals surface area (Å²) in [6.45, 7) is 4.27. The van der Waals surface area contributed by atoms with E-state index in [1.165, 1.54) is 5.56 Å². The molecular formula is C17H23NO3. The third-order valence-corrected chi connectivity index (χ3v) is 3.62. The zero-order chi connectivity index (χ0) is 15.2. The molecule has 0 unspecified atom stereocenters. The average Bonchev–Trinajstić information content (AvgIpc) is 3.27. The molecule has 2 rings (SSSR count). The lowest BCUT2D eigenvalue weighted by Crippen LogP contribution is -2.38. The molecule has 0 spiro atoms. The van der Waals surface area contributed by atoms with Gasteiger partial charge in [-0.3, -0.25) is 9.59 Å². The van der Waals surface area contributed by atoms with Crippen LogP contribution in [0.25, 0.3) is 0 Å². The van der Waals surface area contributed by atoms with Crippen molar-refractivity contribution in [2.45, 2.75) is 45.6 Å².